The second kappa shape index (κ2) is 4.37. The minimum absolute atomic E-state index is 0.787. The molecule has 2 nitrogen and oxygen atoms in total. The first kappa shape index (κ1) is 12.2. The number of quaternary nitrogens is 2. The minimum atomic E-state index is 0.787. The minimum Gasteiger partial charge on any atom is -0.297 e. The Hall–Kier alpha value is -0.830. The third-order valence-electron chi connectivity index (χ3n) is 4.94. The summed E-state index contributed by atoms with van der Waals surface area (Å²) in [5, 5.41) is 0. The lowest BCUT2D eigenvalue weighted by Crippen LogP contribution is -2.75. The summed E-state index contributed by atoms with van der Waals surface area (Å²) >= 11 is 6.15. The van der Waals surface area contributed by atoms with Gasteiger partial charge in [-0.2, -0.15) is 0 Å². The van der Waals surface area contributed by atoms with Crippen LogP contribution in [0.5, 0.6) is 0 Å². The maximum atomic E-state index is 6.15. The molecule has 0 aliphatic carbocycles. The summed E-state index contributed by atoms with van der Waals surface area (Å²) in [5.41, 5.74) is 2.67. The molecule has 0 radical (unpaired) electrons. The first-order valence-corrected chi connectivity index (χ1v) is 7.26. The average molecular weight is 265 g/mol. The van der Waals surface area contributed by atoms with Gasteiger partial charge in [-0.25, -0.2) is 0 Å². The summed E-state index contributed by atoms with van der Waals surface area (Å²) in [6.07, 6.45) is 1.91. The summed E-state index contributed by atoms with van der Waals surface area (Å²) < 4.78 is 2.29. The third kappa shape index (κ3) is 1.80. The Balaban J connectivity index is 1.86. The SMILES string of the molecule is C=Cc1ccc([N+]23CC[N+](CCl)(CC2)CC3)cc1. The van der Waals surface area contributed by atoms with Crippen LogP contribution in [0.4, 0.5) is 5.69 Å². The van der Waals surface area contributed by atoms with Gasteiger partial charge in [-0.05, 0) is 29.8 Å². The van der Waals surface area contributed by atoms with Crippen molar-refractivity contribution in [1.29, 1.82) is 0 Å². The fraction of sp³-hybridized carbons (Fsp3) is 0.467. The van der Waals surface area contributed by atoms with Gasteiger partial charge in [0.2, 0.25) is 0 Å². The predicted molar refractivity (Wildman–Crippen MR) is 78.5 cm³/mol. The first-order chi connectivity index (χ1) is 8.72. The number of halogens is 1. The molecule has 1 aromatic rings. The quantitative estimate of drug-likeness (QED) is 0.447. The third-order valence-corrected chi connectivity index (χ3v) is 5.44. The van der Waals surface area contributed by atoms with Crippen LogP contribution in [0.3, 0.4) is 0 Å². The molecule has 0 amide bonds. The van der Waals surface area contributed by atoms with Gasteiger partial charge in [0.1, 0.15) is 45.0 Å². The molecule has 18 heavy (non-hydrogen) atoms. The van der Waals surface area contributed by atoms with E-state index in [0.717, 1.165) is 15.0 Å². The van der Waals surface area contributed by atoms with Crippen molar-refractivity contribution in [2.24, 2.45) is 0 Å². The van der Waals surface area contributed by atoms with Crippen molar-refractivity contribution in [2.75, 3.05) is 45.3 Å². The van der Waals surface area contributed by atoms with Crippen LogP contribution in [-0.4, -0.2) is 49.8 Å². The van der Waals surface area contributed by atoms with E-state index in [1.807, 2.05) is 6.08 Å². The Morgan fingerprint density at radius 1 is 1.00 bits per heavy atom. The number of fused-ring (bicyclic) bond motifs is 3. The van der Waals surface area contributed by atoms with Crippen LogP contribution >= 0.6 is 11.6 Å². The summed E-state index contributed by atoms with van der Waals surface area (Å²) in [7, 11) is 0. The number of nitrogens with zero attached hydrogens (tertiary/aromatic N) is 2. The van der Waals surface area contributed by atoms with E-state index in [0.29, 0.717) is 0 Å². The first-order valence-electron chi connectivity index (χ1n) is 6.72. The lowest BCUT2D eigenvalue weighted by Gasteiger charge is -2.54. The summed E-state index contributed by atoms with van der Waals surface area (Å²) in [6.45, 7) is 11.2. The lowest BCUT2D eigenvalue weighted by atomic mass is 10.1. The number of rotatable bonds is 3. The molecule has 0 aromatic heterocycles. The number of alkyl halides is 1. The van der Waals surface area contributed by atoms with Crippen LogP contribution < -0.4 is 4.48 Å². The van der Waals surface area contributed by atoms with Gasteiger partial charge in [-0.15, -0.1) is 0 Å². The molecule has 3 aliphatic heterocycles. The van der Waals surface area contributed by atoms with Gasteiger partial charge in [0.15, 0.2) is 6.00 Å². The maximum Gasteiger partial charge on any atom is 0.155 e. The van der Waals surface area contributed by atoms with E-state index in [1.165, 1.54) is 50.5 Å². The van der Waals surface area contributed by atoms with Crippen molar-refractivity contribution in [3.05, 3.63) is 36.4 Å². The Labute approximate surface area is 114 Å². The number of benzene rings is 1. The molecule has 3 fully saturated rings. The molecule has 0 saturated carbocycles. The highest BCUT2D eigenvalue weighted by Crippen LogP contribution is 2.33. The van der Waals surface area contributed by atoms with Crippen molar-refractivity contribution in [3.8, 4) is 0 Å². The molecule has 0 N–H and O–H groups in total. The van der Waals surface area contributed by atoms with Crippen molar-refractivity contribution in [3.63, 3.8) is 0 Å². The van der Waals surface area contributed by atoms with Crippen molar-refractivity contribution in [2.45, 2.75) is 0 Å². The zero-order valence-electron chi connectivity index (χ0n) is 10.8. The Morgan fingerprint density at radius 3 is 2.00 bits per heavy atom. The highest BCUT2D eigenvalue weighted by Gasteiger charge is 2.49. The van der Waals surface area contributed by atoms with E-state index < -0.39 is 0 Å². The molecule has 3 saturated heterocycles. The zero-order valence-corrected chi connectivity index (χ0v) is 11.6. The van der Waals surface area contributed by atoms with Crippen molar-refractivity contribution in [1.82, 2.24) is 4.48 Å². The number of hydrogen-bond donors (Lipinski definition) is 0. The summed E-state index contributed by atoms with van der Waals surface area (Å²) in [5.74, 6) is 0. The number of hydrogen-bond acceptors (Lipinski definition) is 0. The molecule has 1 aromatic carbocycles. The smallest absolute Gasteiger partial charge is 0.155 e. The molecule has 2 bridgehead atoms. The Morgan fingerprint density at radius 2 is 1.56 bits per heavy atom. The van der Waals surface area contributed by atoms with Gasteiger partial charge in [0.05, 0.1) is 0 Å². The van der Waals surface area contributed by atoms with E-state index in [2.05, 4.69) is 30.8 Å². The van der Waals surface area contributed by atoms with Crippen molar-refractivity contribution >= 4 is 23.4 Å². The van der Waals surface area contributed by atoms with Gasteiger partial charge in [-0.3, -0.25) is 8.97 Å². The molecule has 96 valence electrons. The molecule has 3 aliphatic rings. The predicted octanol–water partition coefficient (Wildman–Crippen LogP) is 2.68. The standard InChI is InChI=1S/C15H21ClN2/c1-2-14-3-5-15(6-4-14)18-10-7-17(13-16,8-11-18)9-12-18/h2-6H,1,7-13H2/q+2. The van der Waals surface area contributed by atoms with Gasteiger partial charge in [0.25, 0.3) is 0 Å². The second-order valence-electron chi connectivity index (χ2n) is 5.74. The van der Waals surface area contributed by atoms with Crippen molar-refractivity contribution < 1.29 is 4.48 Å². The molecular weight excluding hydrogens is 244 g/mol. The topological polar surface area (TPSA) is 0 Å². The second-order valence-corrected chi connectivity index (χ2v) is 5.98. The molecule has 4 rings (SSSR count). The van der Waals surface area contributed by atoms with E-state index >= 15 is 0 Å². The molecular formula is C15H21ClN2+2. The van der Waals surface area contributed by atoms with Crippen LogP contribution in [0, 0.1) is 0 Å². The van der Waals surface area contributed by atoms with E-state index in [9.17, 15) is 0 Å². The molecule has 0 unspecified atom stereocenters. The van der Waals surface area contributed by atoms with Crippen LogP contribution in [0.1, 0.15) is 5.56 Å². The Kier molecular flexibility index (Phi) is 2.97. The average Bonchev–Trinajstić information content (AvgIpc) is 2.49. The normalized spacial score (nSPS) is 34.5. The van der Waals surface area contributed by atoms with Crippen LogP contribution in [0.25, 0.3) is 6.08 Å². The highest BCUT2D eigenvalue weighted by atomic mass is 35.5. The van der Waals surface area contributed by atoms with Crippen LogP contribution in [-0.2, 0) is 0 Å². The van der Waals surface area contributed by atoms with Crippen LogP contribution in [0.2, 0.25) is 0 Å². The summed E-state index contributed by atoms with van der Waals surface area (Å²) in [6, 6.07) is 9.71. The largest absolute Gasteiger partial charge is 0.297 e. The fourth-order valence-corrected chi connectivity index (χ4v) is 3.73. The fourth-order valence-electron chi connectivity index (χ4n) is 3.37. The molecule has 0 atom stereocenters. The monoisotopic (exact) mass is 264 g/mol. The molecule has 0 spiro atoms. The van der Waals surface area contributed by atoms with Gasteiger partial charge in [0, 0.05) is 0 Å². The number of piperazine rings is 3. The maximum absolute atomic E-state index is 6.15. The van der Waals surface area contributed by atoms with E-state index in [-0.39, 0.29) is 0 Å². The van der Waals surface area contributed by atoms with Crippen LogP contribution in [0.15, 0.2) is 30.8 Å². The molecule has 3 heterocycles. The lowest BCUT2D eigenvalue weighted by molar-refractivity contribution is -0.930. The summed E-state index contributed by atoms with van der Waals surface area (Å²) in [4.78, 5) is 0. The van der Waals surface area contributed by atoms with E-state index in [4.69, 9.17) is 11.6 Å². The molecule has 3 heteroatoms. The zero-order chi connectivity index (χ0) is 12.6. The van der Waals surface area contributed by atoms with Gasteiger partial charge in [-0.1, -0.05) is 24.3 Å². The van der Waals surface area contributed by atoms with Gasteiger partial charge >= 0.3 is 0 Å². The Bertz CT molecular complexity index is 428. The van der Waals surface area contributed by atoms with Gasteiger partial charge < -0.3 is 0 Å². The highest BCUT2D eigenvalue weighted by molar-refractivity contribution is 6.17. The van der Waals surface area contributed by atoms with E-state index in [1.54, 1.807) is 0 Å².